The van der Waals surface area contributed by atoms with Gasteiger partial charge < -0.3 is 14.6 Å². The highest BCUT2D eigenvalue weighted by molar-refractivity contribution is 5.97. The third kappa shape index (κ3) is 4.36. The summed E-state index contributed by atoms with van der Waals surface area (Å²) in [5, 5.41) is 5.45. The van der Waals surface area contributed by atoms with Gasteiger partial charge in [-0.2, -0.15) is 0 Å². The molecule has 7 nitrogen and oxygen atoms in total. The van der Waals surface area contributed by atoms with Gasteiger partial charge in [-0.1, -0.05) is 17.7 Å². The van der Waals surface area contributed by atoms with Gasteiger partial charge in [-0.25, -0.2) is 9.59 Å². The van der Waals surface area contributed by atoms with Crippen molar-refractivity contribution in [3.8, 4) is 5.69 Å². The average molecular weight is 464 g/mol. The Morgan fingerprint density at radius 1 is 0.971 bits per heavy atom. The quantitative estimate of drug-likeness (QED) is 0.645. The number of hydrogen-bond donors (Lipinski definition) is 2. The van der Waals surface area contributed by atoms with E-state index in [0.717, 1.165) is 41.9 Å². The summed E-state index contributed by atoms with van der Waals surface area (Å²) in [6, 6.07) is 9.31. The summed E-state index contributed by atoms with van der Waals surface area (Å²) in [6.45, 7) is 5.30. The molecule has 4 aliphatic rings. The van der Waals surface area contributed by atoms with Crippen LogP contribution in [0.15, 0.2) is 30.3 Å². The molecule has 6 rings (SSSR count). The van der Waals surface area contributed by atoms with E-state index in [1.165, 1.54) is 19.3 Å². The van der Waals surface area contributed by atoms with E-state index in [9.17, 15) is 14.4 Å². The van der Waals surface area contributed by atoms with E-state index >= 15 is 0 Å². The zero-order chi connectivity index (χ0) is 24.0. The number of esters is 1. The topological polar surface area (TPSA) is 89.4 Å². The molecule has 0 radical (unpaired) electrons. The Labute approximate surface area is 200 Å². The smallest absolute Gasteiger partial charge is 0.340 e. The lowest BCUT2D eigenvalue weighted by atomic mass is 9.53. The van der Waals surface area contributed by atoms with Crippen molar-refractivity contribution < 1.29 is 19.1 Å². The monoisotopic (exact) mass is 463 g/mol. The fourth-order valence-electron chi connectivity index (χ4n) is 6.97. The number of rotatable bonds is 5. The largest absolute Gasteiger partial charge is 0.452 e. The Morgan fingerprint density at radius 2 is 1.56 bits per heavy atom. The van der Waals surface area contributed by atoms with Gasteiger partial charge in [0.05, 0.1) is 5.56 Å². The minimum Gasteiger partial charge on any atom is -0.452 e. The Bertz CT molecular complexity index is 1100. The molecule has 4 fully saturated rings. The molecule has 2 N–H and O–H groups in total. The first-order valence-corrected chi connectivity index (χ1v) is 12.3. The summed E-state index contributed by atoms with van der Waals surface area (Å²) in [5.74, 6) is 0.886. The maximum absolute atomic E-state index is 12.7. The summed E-state index contributed by atoms with van der Waals surface area (Å²) in [5.41, 5.74) is 3.98. The van der Waals surface area contributed by atoms with Crippen molar-refractivity contribution in [3.63, 3.8) is 0 Å². The number of imide groups is 1. The number of carbonyl (C=O) groups is 3. The Morgan fingerprint density at radius 3 is 2.15 bits per heavy atom. The van der Waals surface area contributed by atoms with Crippen LogP contribution < -0.4 is 10.6 Å². The number of hydrogen-bond acceptors (Lipinski definition) is 4. The van der Waals surface area contributed by atoms with E-state index in [4.69, 9.17) is 4.74 Å². The molecule has 4 bridgehead atoms. The summed E-state index contributed by atoms with van der Waals surface area (Å²) >= 11 is 0. The summed E-state index contributed by atoms with van der Waals surface area (Å²) in [6.07, 6.45) is 6.86. The first-order chi connectivity index (χ1) is 16.2. The van der Waals surface area contributed by atoms with Gasteiger partial charge in [-0.05, 0) is 95.2 Å². The fourth-order valence-corrected chi connectivity index (χ4v) is 6.97. The molecule has 0 saturated heterocycles. The van der Waals surface area contributed by atoms with Crippen LogP contribution in [0.5, 0.6) is 0 Å². The highest BCUT2D eigenvalue weighted by atomic mass is 16.5. The molecule has 2 aromatic rings. The van der Waals surface area contributed by atoms with Gasteiger partial charge in [0.1, 0.15) is 0 Å². The van der Waals surface area contributed by atoms with Gasteiger partial charge in [0.25, 0.3) is 5.91 Å². The molecule has 4 saturated carbocycles. The van der Waals surface area contributed by atoms with Crippen molar-refractivity contribution >= 4 is 17.9 Å². The number of aromatic nitrogens is 1. The van der Waals surface area contributed by atoms with E-state index < -0.39 is 24.5 Å². The Kier molecular flexibility index (Phi) is 5.74. The highest BCUT2D eigenvalue weighted by Gasteiger charge is 2.51. The van der Waals surface area contributed by atoms with Crippen LogP contribution in [0.2, 0.25) is 0 Å². The minimum absolute atomic E-state index is 0.177. The molecule has 1 heterocycles. The van der Waals surface area contributed by atoms with Crippen LogP contribution in [0.3, 0.4) is 0 Å². The molecule has 34 heavy (non-hydrogen) atoms. The third-order valence-corrected chi connectivity index (χ3v) is 7.95. The van der Waals surface area contributed by atoms with Crippen LogP contribution in [0.25, 0.3) is 5.69 Å². The molecular formula is C27H33N3O4. The normalized spacial score (nSPS) is 26.9. The van der Waals surface area contributed by atoms with Crippen LogP contribution in [-0.2, 0) is 9.53 Å². The van der Waals surface area contributed by atoms with E-state index in [1.807, 2.05) is 49.6 Å². The molecular weight excluding hydrogens is 430 g/mol. The molecule has 0 spiro atoms. The standard InChI is InChI=1S/C27H33N3O4/c1-16-4-6-22(7-5-16)30-17(2)8-23(18(30)3)25(32)34-15-24(31)28-26(33)29-27-12-19-9-20(13-27)11-21(10-19)14-27/h4-8,19-21H,9-15H2,1-3H3,(H2,28,29,31,33). The fraction of sp³-hybridized carbons (Fsp3) is 0.519. The van der Waals surface area contributed by atoms with Crippen LogP contribution in [-0.4, -0.2) is 34.6 Å². The van der Waals surface area contributed by atoms with Gasteiger partial charge in [0.15, 0.2) is 6.61 Å². The van der Waals surface area contributed by atoms with Crippen LogP contribution >= 0.6 is 0 Å². The van der Waals surface area contributed by atoms with E-state index in [1.54, 1.807) is 6.07 Å². The zero-order valence-electron chi connectivity index (χ0n) is 20.1. The van der Waals surface area contributed by atoms with Crippen molar-refractivity contribution in [2.24, 2.45) is 17.8 Å². The zero-order valence-corrected chi connectivity index (χ0v) is 20.1. The summed E-state index contributed by atoms with van der Waals surface area (Å²) in [7, 11) is 0. The number of nitrogens with zero attached hydrogens (tertiary/aromatic N) is 1. The molecule has 7 heteroatoms. The number of amides is 3. The first kappa shape index (κ1) is 22.7. The van der Waals surface area contributed by atoms with Crippen molar-refractivity contribution in [2.75, 3.05) is 6.61 Å². The number of carbonyl (C=O) groups excluding carboxylic acids is 3. The van der Waals surface area contributed by atoms with Crippen molar-refractivity contribution in [1.29, 1.82) is 0 Å². The van der Waals surface area contributed by atoms with E-state index in [2.05, 4.69) is 10.6 Å². The van der Waals surface area contributed by atoms with Gasteiger partial charge in [-0.3, -0.25) is 10.1 Å². The highest BCUT2D eigenvalue weighted by Crippen LogP contribution is 2.55. The SMILES string of the molecule is Cc1ccc(-n2c(C)cc(C(=O)OCC(=O)NC(=O)NC34CC5CC(CC(C5)C3)C4)c2C)cc1. The second kappa shape index (κ2) is 8.60. The molecule has 1 aromatic heterocycles. The second-order valence-corrected chi connectivity index (χ2v) is 10.7. The third-order valence-electron chi connectivity index (χ3n) is 7.95. The van der Waals surface area contributed by atoms with Crippen molar-refractivity contribution in [1.82, 2.24) is 15.2 Å². The predicted octanol–water partition coefficient (Wildman–Crippen LogP) is 4.35. The van der Waals surface area contributed by atoms with E-state index in [0.29, 0.717) is 23.3 Å². The Hall–Kier alpha value is -3.09. The average Bonchev–Trinajstić information content (AvgIpc) is 3.05. The Balaban J connectivity index is 1.16. The summed E-state index contributed by atoms with van der Waals surface area (Å²) < 4.78 is 7.23. The predicted molar refractivity (Wildman–Crippen MR) is 128 cm³/mol. The number of aryl methyl sites for hydroxylation is 2. The molecule has 0 atom stereocenters. The van der Waals surface area contributed by atoms with Gasteiger partial charge in [0.2, 0.25) is 0 Å². The van der Waals surface area contributed by atoms with Gasteiger partial charge >= 0.3 is 12.0 Å². The van der Waals surface area contributed by atoms with Crippen molar-refractivity contribution in [2.45, 2.75) is 64.8 Å². The molecule has 3 amide bonds. The van der Waals surface area contributed by atoms with Crippen LogP contribution in [0.1, 0.15) is 65.8 Å². The number of urea groups is 1. The van der Waals surface area contributed by atoms with Crippen LogP contribution in [0, 0.1) is 38.5 Å². The van der Waals surface area contributed by atoms with E-state index in [-0.39, 0.29) is 5.54 Å². The lowest BCUT2D eigenvalue weighted by molar-refractivity contribution is -0.123. The number of benzene rings is 1. The number of nitrogens with one attached hydrogen (secondary N) is 2. The maximum Gasteiger partial charge on any atom is 0.340 e. The van der Waals surface area contributed by atoms with Crippen molar-refractivity contribution in [3.05, 3.63) is 52.8 Å². The number of ether oxygens (including phenoxy) is 1. The first-order valence-electron chi connectivity index (χ1n) is 12.3. The maximum atomic E-state index is 12.7. The lowest BCUT2D eigenvalue weighted by Gasteiger charge is -2.56. The second-order valence-electron chi connectivity index (χ2n) is 10.7. The molecule has 0 unspecified atom stereocenters. The minimum atomic E-state index is -0.622. The van der Waals surface area contributed by atoms with Gasteiger partial charge in [0, 0.05) is 22.6 Å². The molecule has 4 aliphatic carbocycles. The summed E-state index contributed by atoms with van der Waals surface area (Å²) in [4.78, 5) is 37.6. The van der Waals surface area contributed by atoms with Gasteiger partial charge in [-0.15, -0.1) is 0 Å². The van der Waals surface area contributed by atoms with Crippen LogP contribution in [0.4, 0.5) is 4.79 Å². The molecule has 180 valence electrons. The molecule has 0 aliphatic heterocycles. The molecule has 1 aromatic carbocycles. The lowest BCUT2D eigenvalue weighted by Crippen LogP contribution is -2.62.